The molecule has 2 heterocycles. The Morgan fingerprint density at radius 2 is 1.83 bits per heavy atom. The van der Waals surface area contributed by atoms with Gasteiger partial charge in [0.2, 0.25) is 0 Å². The number of ether oxygens (including phenoxy) is 2. The highest BCUT2D eigenvalue weighted by molar-refractivity contribution is 7.14. The van der Waals surface area contributed by atoms with Crippen LogP contribution in [0.25, 0.3) is 11.3 Å². The number of carbonyl (C=O) groups is 1. The first kappa shape index (κ1) is 19.7. The van der Waals surface area contributed by atoms with Crippen LogP contribution in [0, 0.1) is 0 Å². The predicted octanol–water partition coefficient (Wildman–Crippen LogP) is 4.93. The van der Waals surface area contributed by atoms with Gasteiger partial charge in [0.1, 0.15) is 5.69 Å². The van der Waals surface area contributed by atoms with Crippen LogP contribution in [-0.2, 0) is 6.54 Å². The molecule has 0 unspecified atom stereocenters. The number of amides is 1. The molecular weight excluding hydrogens is 398 g/mol. The molecule has 4 rings (SSSR count). The SMILES string of the molecule is COc1ccc(-c2csc(NC(=O)c3cccn3Cc3ccccc3)n2)cc1OC. The molecule has 0 atom stereocenters. The largest absolute Gasteiger partial charge is 0.493 e. The lowest BCUT2D eigenvalue weighted by Gasteiger charge is -2.09. The minimum absolute atomic E-state index is 0.191. The van der Waals surface area contributed by atoms with E-state index >= 15 is 0 Å². The molecule has 0 saturated carbocycles. The quantitative estimate of drug-likeness (QED) is 0.461. The van der Waals surface area contributed by atoms with Crippen molar-refractivity contribution in [1.82, 2.24) is 9.55 Å². The topological polar surface area (TPSA) is 65.4 Å². The number of rotatable bonds is 7. The Bertz CT molecular complexity index is 1150. The summed E-state index contributed by atoms with van der Waals surface area (Å²) in [4.78, 5) is 17.4. The van der Waals surface area contributed by atoms with E-state index in [4.69, 9.17) is 9.47 Å². The van der Waals surface area contributed by atoms with E-state index < -0.39 is 0 Å². The van der Waals surface area contributed by atoms with E-state index in [2.05, 4.69) is 10.3 Å². The number of methoxy groups -OCH3 is 2. The summed E-state index contributed by atoms with van der Waals surface area (Å²) in [5.41, 5.74) is 3.36. The van der Waals surface area contributed by atoms with Gasteiger partial charge >= 0.3 is 0 Å². The zero-order valence-electron chi connectivity index (χ0n) is 16.7. The molecule has 1 N–H and O–H groups in total. The van der Waals surface area contributed by atoms with Crippen LogP contribution in [0.15, 0.2) is 72.2 Å². The lowest BCUT2D eigenvalue weighted by atomic mass is 10.1. The van der Waals surface area contributed by atoms with Crippen molar-refractivity contribution >= 4 is 22.4 Å². The monoisotopic (exact) mass is 419 g/mol. The van der Waals surface area contributed by atoms with Gasteiger partial charge < -0.3 is 14.0 Å². The maximum absolute atomic E-state index is 12.8. The highest BCUT2D eigenvalue weighted by atomic mass is 32.1. The van der Waals surface area contributed by atoms with Gasteiger partial charge in [-0.15, -0.1) is 11.3 Å². The maximum atomic E-state index is 12.8. The highest BCUT2D eigenvalue weighted by Gasteiger charge is 2.15. The molecular formula is C23H21N3O3S. The number of hydrogen-bond acceptors (Lipinski definition) is 5. The smallest absolute Gasteiger partial charge is 0.274 e. The van der Waals surface area contributed by atoms with E-state index in [0.717, 1.165) is 16.8 Å². The van der Waals surface area contributed by atoms with Gasteiger partial charge in [0.15, 0.2) is 16.6 Å². The maximum Gasteiger partial charge on any atom is 0.274 e. The van der Waals surface area contributed by atoms with Gasteiger partial charge in [0, 0.05) is 23.7 Å². The summed E-state index contributed by atoms with van der Waals surface area (Å²) >= 11 is 1.38. The lowest BCUT2D eigenvalue weighted by molar-refractivity contribution is 0.101. The number of aromatic nitrogens is 2. The molecule has 0 aliphatic heterocycles. The van der Waals surface area contributed by atoms with Crippen molar-refractivity contribution in [2.45, 2.75) is 6.54 Å². The lowest BCUT2D eigenvalue weighted by Crippen LogP contribution is -2.17. The second-order valence-electron chi connectivity index (χ2n) is 6.57. The van der Waals surface area contributed by atoms with E-state index in [1.807, 2.05) is 70.7 Å². The second kappa shape index (κ2) is 8.84. The molecule has 2 aromatic heterocycles. The van der Waals surface area contributed by atoms with Crippen molar-refractivity contribution in [3.63, 3.8) is 0 Å². The number of nitrogens with one attached hydrogen (secondary N) is 1. The third kappa shape index (κ3) is 4.21. The Balaban J connectivity index is 1.50. The number of thiazole rings is 1. The molecule has 0 bridgehead atoms. The standard InChI is InChI=1S/C23H21N3O3S/c1-28-20-11-10-17(13-21(20)29-2)18-15-30-23(24-18)25-22(27)19-9-6-12-26(19)14-16-7-4-3-5-8-16/h3-13,15H,14H2,1-2H3,(H,24,25,27). The van der Waals surface area contributed by atoms with Gasteiger partial charge in [-0.2, -0.15) is 0 Å². The molecule has 6 nitrogen and oxygen atoms in total. The van der Waals surface area contributed by atoms with Crippen LogP contribution in [0.2, 0.25) is 0 Å². The molecule has 0 fully saturated rings. The van der Waals surface area contributed by atoms with E-state index in [9.17, 15) is 4.79 Å². The first-order valence-corrected chi connectivity index (χ1v) is 10.2. The number of benzene rings is 2. The Kier molecular flexibility index (Phi) is 5.81. The summed E-state index contributed by atoms with van der Waals surface area (Å²) < 4.78 is 12.6. The van der Waals surface area contributed by atoms with Crippen molar-refractivity contribution in [3.05, 3.63) is 83.5 Å². The van der Waals surface area contributed by atoms with Crippen LogP contribution in [0.4, 0.5) is 5.13 Å². The molecule has 0 aliphatic carbocycles. The first-order chi connectivity index (χ1) is 14.7. The van der Waals surface area contributed by atoms with Crippen molar-refractivity contribution in [2.24, 2.45) is 0 Å². The van der Waals surface area contributed by atoms with E-state index in [-0.39, 0.29) is 5.91 Å². The third-order valence-corrected chi connectivity index (χ3v) is 5.42. The van der Waals surface area contributed by atoms with Crippen LogP contribution >= 0.6 is 11.3 Å². The fourth-order valence-corrected chi connectivity index (χ4v) is 3.87. The Labute approximate surface area is 178 Å². The number of carbonyl (C=O) groups excluding carboxylic acids is 1. The van der Waals surface area contributed by atoms with Gasteiger partial charge in [-0.25, -0.2) is 4.98 Å². The van der Waals surface area contributed by atoms with Crippen molar-refractivity contribution in [3.8, 4) is 22.8 Å². The molecule has 30 heavy (non-hydrogen) atoms. The minimum Gasteiger partial charge on any atom is -0.493 e. The third-order valence-electron chi connectivity index (χ3n) is 4.66. The molecule has 0 radical (unpaired) electrons. The normalized spacial score (nSPS) is 10.6. The summed E-state index contributed by atoms with van der Waals surface area (Å²) in [6.07, 6.45) is 1.90. The Morgan fingerprint density at radius 1 is 1.03 bits per heavy atom. The molecule has 2 aromatic carbocycles. The van der Waals surface area contributed by atoms with Crippen LogP contribution < -0.4 is 14.8 Å². The van der Waals surface area contributed by atoms with Crippen molar-refractivity contribution in [1.29, 1.82) is 0 Å². The number of hydrogen-bond donors (Lipinski definition) is 1. The molecule has 1 amide bonds. The highest BCUT2D eigenvalue weighted by Crippen LogP contribution is 2.33. The summed E-state index contributed by atoms with van der Waals surface area (Å²) in [7, 11) is 3.19. The van der Waals surface area contributed by atoms with Gasteiger partial charge in [0.25, 0.3) is 5.91 Å². The van der Waals surface area contributed by atoms with E-state index in [1.54, 1.807) is 20.3 Å². The Morgan fingerprint density at radius 3 is 2.60 bits per heavy atom. The van der Waals surface area contributed by atoms with Gasteiger partial charge in [-0.05, 0) is 35.9 Å². The first-order valence-electron chi connectivity index (χ1n) is 9.36. The molecule has 7 heteroatoms. The van der Waals surface area contributed by atoms with E-state index in [1.165, 1.54) is 11.3 Å². The van der Waals surface area contributed by atoms with Gasteiger partial charge in [0.05, 0.1) is 19.9 Å². The van der Waals surface area contributed by atoms with Crippen molar-refractivity contribution in [2.75, 3.05) is 19.5 Å². The molecule has 4 aromatic rings. The minimum atomic E-state index is -0.191. The van der Waals surface area contributed by atoms with Crippen LogP contribution in [0.3, 0.4) is 0 Å². The van der Waals surface area contributed by atoms with E-state index in [0.29, 0.717) is 28.9 Å². The average molecular weight is 420 g/mol. The second-order valence-corrected chi connectivity index (χ2v) is 7.43. The summed E-state index contributed by atoms with van der Waals surface area (Å²) in [5.74, 6) is 1.10. The number of anilines is 1. The zero-order valence-corrected chi connectivity index (χ0v) is 17.5. The van der Waals surface area contributed by atoms with Gasteiger partial charge in [-0.3, -0.25) is 10.1 Å². The number of nitrogens with zero attached hydrogens (tertiary/aromatic N) is 2. The van der Waals surface area contributed by atoms with Gasteiger partial charge in [-0.1, -0.05) is 30.3 Å². The van der Waals surface area contributed by atoms with Crippen LogP contribution in [0.5, 0.6) is 11.5 Å². The fourth-order valence-electron chi connectivity index (χ4n) is 3.16. The Hall–Kier alpha value is -3.58. The summed E-state index contributed by atoms with van der Waals surface area (Å²) in [6.45, 7) is 0.630. The molecule has 0 aliphatic rings. The fraction of sp³-hybridized carbons (Fsp3) is 0.130. The van der Waals surface area contributed by atoms with Crippen LogP contribution in [0.1, 0.15) is 16.1 Å². The average Bonchev–Trinajstić information content (AvgIpc) is 3.43. The summed E-state index contributed by atoms with van der Waals surface area (Å²) in [6, 6.07) is 19.3. The molecule has 0 spiro atoms. The zero-order chi connectivity index (χ0) is 20.9. The molecule has 0 saturated heterocycles. The predicted molar refractivity (Wildman–Crippen MR) is 119 cm³/mol. The van der Waals surface area contributed by atoms with Crippen LogP contribution in [-0.4, -0.2) is 29.7 Å². The summed E-state index contributed by atoms with van der Waals surface area (Å²) in [5, 5.41) is 5.35. The van der Waals surface area contributed by atoms with Crippen molar-refractivity contribution < 1.29 is 14.3 Å². The molecule has 152 valence electrons.